The van der Waals surface area contributed by atoms with Crippen LogP contribution in [0, 0.1) is 0 Å². The van der Waals surface area contributed by atoms with Gasteiger partial charge in [0.2, 0.25) is 0 Å². The van der Waals surface area contributed by atoms with Crippen molar-refractivity contribution < 1.29 is 9.53 Å². The average Bonchev–Trinajstić information content (AvgIpc) is 2.44. The van der Waals surface area contributed by atoms with Crippen LogP contribution in [0.15, 0.2) is 24.3 Å². The zero-order valence-electron chi connectivity index (χ0n) is 12.1. The summed E-state index contributed by atoms with van der Waals surface area (Å²) in [5.41, 5.74) is 7.08. The van der Waals surface area contributed by atoms with Crippen LogP contribution in [0.2, 0.25) is 0 Å². The van der Waals surface area contributed by atoms with Gasteiger partial charge in [-0.25, -0.2) is 0 Å². The predicted molar refractivity (Wildman–Crippen MR) is 77.2 cm³/mol. The van der Waals surface area contributed by atoms with Gasteiger partial charge in [-0.1, -0.05) is 19.1 Å². The first-order valence-corrected chi connectivity index (χ1v) is 6.78. The molecule has 1 amide bonds. The third-order valence-electron chi connectivity index (χ3n) is 3.18. The van der Waals surface area contributed by atoms with Crippen molar-refractivity contribution in [2.45, 2.75) is 32.7 Å². The maximum absolute atomic E-state index is 11.6. The molecule has 1 rings (SSSR count). The highest BCUT2D eigenvalue weighted by molar-refractivity contribution is 5.77. The summed E-state index contributed by atoms with van der Waals surface area (Å²) in [6, 6.07) is 7.95. The van der Waals surface area contributed by atoms with E-state index in [4.69, 9.17) is 10.5 Å². The van der Waals surface area contributed by atoms with Gasteiger partial charge in [-0.2, -0.15) is 0 Å². The molecule has 0 radical (unpaired) electrons. The number of carbonyl (C=O) groups excluding carboxylic acids is 1. The van der Waals surface area contributed by atoms with Crippen LogP contribution in [0.25, 0.3) is 0 Å². The Bertz CT molecular complexity index is 407. The summed E-state index contributed by atoms with van der Waals surface area (Å²) in [6.07, 6.45) is 1.78. The van der Waals surface area contributed by atoms with Gasteiger partial charge in [0.05, 0.1) is 0 Å². The van der Waals surface area contributed by atoms with Crippen LogP contribution in [0.3, 0.4) is 0 Å². The van der Waals surface area contributed by atoms with Crippen LogP contribution >= 0.6 is 0 Å². The standard InChI is InChI=1S/C15H24N2O2/c1-4-13(16)9-12-7-6-8-14(10-12)19-11-15(18)17(3)5-2/h6-8,10,13H,4-5,9,11,16H2,1-3H3. The van der Waals surface area contributed by atoms with Crippen molar-refractivity contribution in [3.8, 4) is 5.75 Å². The van der Waals surface area contributed by atoms with Gasteiger partial charge in [0.1, 0.15) is 5.75 Å². The molecular weight excluding hydrogens is 240 g/mol. The molecule has 0 spiro atoms. The first kappa shape index (κ1) is 15.5. The molecule has 1 aromatic carbocycles. The number of rotatable bonds is 7. The molecule has 2 N–H and O–H groups in total. The van der Waals surface area contributed by atoms with E-state index >= 15 is 0 Å². The van der Waals surface area contributed by atoms with E-state index < -0.39 is 0 Å². The number of ether oxygens (including phenoxy) is 1. The lowest BCUT2D eigenvalue weighted by Gasteiger charge is -2.15. The van der Waals surface area contributed by atoms with Crippen LogP contribution in [0.4, 0.5) is 0 Å². The molecule has 4 heteroatoms. The smallest absolute Gasteiger partial charge is 0.260 e. The molecule has 0 bridgehead atoms. The number of carbonyl (C=O) groups is 1. The van der Waals surface area contributed by atoms with Gasteiger partial charge >= 0.3 is 0 Å². The molecule has 19 heavy (non-hydrogen) atoms. The van der Waals surface area contributed by atoms with Crippen molar-refractivity contribution in [3.63, 3.8) is 0 Å². The monoisotopic (exact) mass is 264 g/mol. The Morgan fingerprint density at radius 2 is 2.16 bits per heavy atom. The van der Waals surface area contributed by atoms with Crippen molar-refractivity contribution in [3.05, 3.63) is 29.8 Å². The first-order chi connectivity index (χ1) is 9.06. The topological polar surface area (TPSA) is 55.6 Å². The van der Waals surface area contributed by atoms with Crippen molar-refractivity contribution in [2.24, 2.45) is 5.73 Å². The fourth-order valence-electron chi connectivity index (χ4n) is 1.64. The van der Waals surface area contributed by atoms with Crippen LogP contribution in [0.5, 0.6) is 5.75 Å². The lowest BCUT2D eigenvalue weighted by Crippen LogP contribution is -2.31. The lowest BCUT2D eigenvalue weighted by molar-refractivity contribution is -0.131. The second-order valence-corrected chi connectivity index (χ2v) is 4.72. The highest BCUT2D eigenvalue weighted by atomic mass is 16.5. The average molecular weight is 264 g/mol. The molecule has 0 aliphatic rings. The van der Waals surface area contributed by atoms with Crippen LogP contribution in [-0.2, 0) is 11.2 Å². The number of amides is 1. The fraction of sp³-hybridized carbons (Fsp3) is 0.533. The molecular formula is C15H24N2O2. The minimum Gasteiger partial charge on any atom is -0.484 e. The molecule has 0 saturated heterocycles. The van der Waals surface area contributed by atoms with E-state index in [-0.39, 0.29) is 18.6 Å². The molecule has 0 aliphatic carbocycles. The van der Waals surface area contributed by atoms with E-state index in [0.29, 0.717) is 6.54 Å². The van der Waals surface area contributed by atoms with Gasteiger partial charge in [0.15, 0.2) is 6.61 Å². The van der Waals surface area contributed by atoms with Crippen LogP contribution < -0.4 is 10.5 Å². The summed E-state index contributed by atoms with van der Waals surface area (Å²) in [5.74, 6) is 0.705. The molecule has 106 valence electrons. The summed E-state index contributed by atoms with van der Waals surface area (Å²) in [7, 11) is 1.77. The van der Waals surface area contributed by atoms with E-state index in [1.807, 2.05) is 31.2 Å². The van der Waals surface area contributed by atoms with Gasteiger partial charge in [-0.3, -0.25) is 4.79 Å². The number of hydrogen-bond acceptors (Lipinski definition) is 3. The maximum atomic E-state index is 11.6. The second-order valence-electron chi connectivity index (χ2n) is 4.72. The summed E-state index contributed by atoms with van der Waals surface area (Å²) >= 11 is 0. The largest absolute Gasteiger partial charge is 0.484 e. The Morgan fingerprint density at radius 1 is 1.42 bits per heavy atom. The molecule has 0 heterocycles. The van der Waals surface area contributed by atoms with Gasteiger partial charge in [-0.05, 0) is 37.5 Å². The van der Waals surface area contributed by atoms with Gasteiger partial charge in [0, 0.05) is 19.6 Å². The second kappa shape index (κ2) is 7.79. The van der Waals surface area contributed by atoms with E-state index in [1.54, 1.807) is 11.9 Å². The number of benzene rings is 1. The van der Waals surface area contributed by atoms with Crippen LogP contribution in [-0.4, -0.2) is 37.0 Å². The molecule has 1 aromatic rings. The Labute approximate surface area is 115 Å². The van der Waals surface area contributed by atoms with Gasteiger partial charge in [-0.15, -0.1) is 0 Å². The summed E-state index contributed by atoms with van der Waals surface area (Å²) in [5, 5.41) is 0. The number of nitrogens with zero attached hydrogens (tertiary/aromatic N) is 1. The normalized spacial score (nSPS) is 12.0. The quantitative estimate of drug-likeness (QED) is 0.817. The van der Waals surface area contributed by atoms with Gasteiger partial charge < -0.3 is 15.4 Å². The molecule has 4 nitrogen and oxygen atoms in total. The van der Waals surface area contributed by atoms with Crippen LogP contribution in [0.1, 0.15) is 25.8 Å². The number of hydrogen-bond donors (Lipinski definition) is 1. The molecule has 0 saturated carbocycles. The zero-order valence-corrected chi connectivity index (χ0v) is 12.1. The maximum Gasteiger partial charge on any atom is 0.260 e. The van der Waals surface area contributed by atoms with E-state index in [9.17, 15) is 4.79 Å². The van der Waals surface area contributed by atoms with Crippen molar-refractivity contribution in [1.29, 1.82) is 0 Å². The zero-order chi connectivity index (χ0) is 14.3. The molecule has 0 aromatic heterocycles. The fourth-order valence-corrected chi connectivity index (χ4v) is 1.64. The van der Waals surface area contributed by atoms with E-state index in [2.05, 4.69) is 6.92 Å². The summed E-state index contributed by atoms with van der Waals surface area (Å²) < 4.78 is 5.51. The van der Waals surface area contributed by atoms with Crippen molar-refractivity contribution in [1.82, 2.24) is 4.90 Å². The highest BCUT2D eigenvalue weighted by Crippen LogP contribution is 2.15. The molecule has 1 atom stereocenters. The first-order valence-electron chi connectivity index (χ1n) is 6.78. The third kappa shape index (κ3) is 5.30. The Kier molecular flexibility index (Phi) is 6.36. The molecule has 0 fully saturated rings. The van der Waals surface area contributed by atoms with Gasteiger partial charge in [0.25, 0.3) is 5.91 Å². The van der Waals surface area contributed by atoms with Crippen molar-refractivity contribution in [2.75, 3.05) is 20.2 Å². The highest BCUT2D eigenvalue weighted by Gasteiger charge is 2.08. The Hall–Kier alpha value is -1.55. The van der Waals surface area contributed by atoms with E-state index in [1.165, 1.54) is 0 Å². The third-order valence-corrected chi connectivity index (χ3v) is 3.18. The van der Waals surface area contributed by atoms with Crippen molar-refractivity contribution >= 4 is 5.91 Å². The molecule has 1 unspecified atom stereocenters. The summed E-state index contributed by atoms with van der Waals surface area (Å²) in [6.45, 7) is 4.77. The number of nitrogens with two attached hydrogens (primary N) is 1. The predicted octanol–water partition coefficient (Wildman–Crippen LogP) is 1.82. The minimum atomic E-state index is -0.0156. The SMILES string of the molecule is CCC(N)Cc1cccc(OCC(=O)N(C)CC)c1. The number of likely N-dealkylation sites (N-methyl/N-ethyl adjacent to an activating group) is 1. The Balaban J connectivity index is 2.55. The minimum absolute atomic E-state index is 0.0156. The Morgan fingerprint density at radius 3 is 2.79 bits per heavy atom. The van der Waals surface area contributed by atoms with E-state index in [0.717, 1.165) is 24.2 Å². The summed E-state index contributed by atoms with van der Waals surface area (Å²) in [4.78, 5) is 13.3. The molecule has 0 aliphatic heterocycles. The lowest BCUT2D eigenvalue weighted by atomic mass is 10.0.